The van der Waals surface area contributed by atoms with E-state index in [1.807, 2.05) is 18.2 Å². The summed E-state index contributed by atoms with van der Waals surface area (Å²) >= 11 is 0. The van der Waals surface area contributed by atoms with Crippen LogP contribution in [0, 0.1) is 0 Å². The highest BCUT2D eigenvalue weighted by Crippen LogP contribution is 2.41. The predicted octanol–water partition coefficient (Wildman–Crippen LogP) is 12.0. The van der Waals surface area contributed by atoms with E-state index >= 15 is 0 Å². The average Bonchev–Trinajstić information content (AvgIpc) is 3.54. The summed E-state index contributed by atoms with van der Waals surface area (Å²) in [6.07, 6.45) is 0. The number of nitrogens with zero attached hydrogens (tertiary/aromatic N) is 2. The Bertz CT molecular complexity index is 2680. The fourth-order valence-electron chi connectivity index (χ4n) is 7.16. The van der Waals surface area contributed by atoms with Crippen LogP contribution in [0.25, 0.3) is 76.5 Å². The topological polar surface area (TPSA) is 37.9 Å². The summed E-state index contributed by atoms with van der Waals surface area (Å²) in [5.41, 5.74) is 8.17. The zero-order valence-corrected chi connectivity index (χ0v) is 26.2. The van der Waals surface area contributed by atoms with Crippen molar-refractivity contribution in [1.29, 1.82) is 0 Å². The summed E-state index contributed by atoms with van der Waals surface area (Å²) in [4.78, 5) is 9.42. The maximum Gasteiger partial charge on any atom is 0.154 e. The lowest BCUT2D eigenvalue weighted by Gasteiger charge is -2.13. The molecule has 0 N–H and O–H groups in total. The molecule has 0 fully saturated rings. The number of rotatable bonds is 5. The normalized spacial score (nSPS) is 12.0. The lowest BCUT2D eigenvalue weighted by atomic mass is 9.90. The maximum absolute atomic E-state index is 6.48. The van der Waals surface area contributed by atoms with Gasteiger partial charge in [-0.1, -0.05) is 127 Å². The second-order valence-corrected chi connectivity index (χ2v) is 12.2. The van der Waals surface area contributed by atoms with Gasteiger partial charge in [-0.05, 0) is 97.2 Å². The van der Waals surface area contributed by atoms with Gasteiger partial charge >= 0.3 is 0 Å². The van der Waals surface area contributed by atoms with Gasteiger partial charge in [-0.15, -0.1) is 0 Å². The molecule has 0 bridgehead atoms. The summed E-state index contributed by atoms with van der Waals surface area (Å²) in [6.45, 7) is 4.42. The first-order chi connectivity index (χ1) is 23.7. The second kappa shape index (κ2) is 11.5. The number of amidine groups is 1. The van der Waals surface area contributed by atoms with E-state index in [0.29, 0.717) is 12.4 Å². The van der Waals surface area contributed by atoms with E-state index in [4.69, 9.17) is 9.41 Å². The molecule has 0 unspecified atom stereocenters. The first kappa shape index (κ1) is 27.9. The summed E-state index contributed by atoms with van der Waals surface area (Å²) in [6, 6.07) is 55.6. The number of fused-ring (bicyclic) bond motifs is 9. The Hall–Kier alpha value is -6.32. The molecule has 0 spiro atoms. The van der Waals surface area contributed by atoms with Crippen LogP contribution < -0.4 is 0 Å². The van der Waals surface area contributed by atoms with Gasteiger partial charge in [-0.2, -0.15) is 0 Å². The first-order valence-corrected chi connectivity index (χ1v) is 16.2. The minimum absolute atomic E-state index is 0.484. The summed E-state index contributed by atoms with van der Waals surface area (Å²) in [7, 11) is 0. The second-order valence-electron chi connectivity index (χ2n) is 12.2. The Balaban J connectivity index is 1.22. The van der Waals surface area contributed by atoms with Crippen LogP contribution in [0.2, 0.25) is 0 Å². The van der Waals surface area contributed by atoms with Gasteiger partial charge in [0.05, 0.1) is 6.54 Å². The van der Waals surface area contributed by atoms with E-state index in [-0.39, 0.29) is 0 Å². The van der Waals surface area contributed by atoms with E-state index < -0.39 is 0 Å². The average molecular weight is 615 g/mol. The van der Waals surface area contributed by atoms with Crippen molar-refractivity contribution in [3.05, 3.63) is 169 Å². The smallest absolute Gasteiger partial charge is 0.154 e. The fraction of sp³-hybridized carbons (Fsp3) is 0.0222. The van der Waals surface area contributed by atoms with Crippen LogP contribution >= 0.6 is 0 Å². The largest absolute Gasteiger partial charge is 0.456 e. The first-order valence-electron chi connectivity index (χ1n) is 16.2. The SMILES string of the molecule is C=NC(=NCc1cccc(-c2ccccc2)c1)c1cc(-c2ccc3c4ccccc4c4ccccc4c3c2)c2c(c1)oc1ccccc12. The fourth-order valence-corrected chi connectivity index (χ4v) is 7.16. The van der Waals surface area contributed by atoms with Crippen molar-refractivity contribution < 1.29 is 4.42 Å². The van der Waals surface area contributed by atoms with Gasteiger partial charge < -0.3 is 4.42 Å². The molecule has 3 heteroatoms. The molecule has 0 amide bonds. The van der Waals surface area contributed by atoms with Gasteiger partial charge in [-0.25, -0.2) is 4.99 Å². The van der Waals surface area contributed by atoms with Crippen molar-refractivity contribution in [3.8, 4) is 22.3 Å². The summed E-state index contributed by atoms with van der Waals surface area (Å²) in [5, 5.41) is 9.65. The standard InChI is InChI=1S/C45H30N2O/c1-46-45(47-28-29-12-11-15-31(24-29)30-13-3-2-4-14-30)33-26-40(44-39-20-9-10-21-42(39)48-43(44)27-33)32-22-23-38-36-18-6-5-16-34(36)35-17-7-8-19-37(35)41(38)25-32/h2-27H,1,28H2. The molecule has 0 atom stereocenters. The quantitative estimate of drug-likeness (QED) is 0.108. The summed E-state index contributed by atoms with van der Waals surface area (Å²) in [5.74, 6) is 0.584. The minimum Gasteiger partial charge on any atom is -0.456 e. The third-order valence-electron chi connectivity index (χ3n) is 9.39. The molecule has 0 aliphatic heterocycles. The number of furan rings is 1. The maximum atomic E-state index is 6.48. The van der Waals surface area contributed by atoms with E-state index in [1.54, 1.807) is 0 Å². The van der Waals surface area contributed by atoms with Crippen LogP contribution in [-0.4, -0.2) is 12.6 Å². The molecular formula is C45H30N2O. The van der Waals surface area contributed by atoms with Crippen molar-refractivity contribution in [3.63, 3.8) is 0 Å². The van der Waals surface area contributed by atoms with Gasteiger partial charge in [0.1, 0.15) is 11.2 Å². The third kappa shape index (κ3) is 4.68. The summed E-state index contributed by atoms with van der Waals surface area (Å²) < 4.78 is 6.48. The van der Waals surface area contributed by atoms with Gasteiger partial charge in [0.2, 0.25) is 0 Å². The van der Waals surface area contributed by atoms with E-state index in [0.717, 1.165) is 44.2 Å². The molecular weight excluding hydrogens is 585 g/mol. The van der Waals surface area contributed by atoms with E-state index in [2.05, 4.69) is 151 Å². The Kier molecular flexibility index (Phi) is 6.69. The number of hydrogen-bond acceptors (Lipinski definition) is 2. The Morgan fingerprint density at radius 2 is 1.10 bits per heavy atom. The molecule has 0 radical (unpaired) electrons. The van der Waals surface area contributed by atoms with Gasteiger partial charge in [0.15, 0.2) is 5.84 Å². The van der Waals surface area contributed by atoms with Crippen molar-refractivity contribution in [2.75, 3.05) is 0 Å². The van der Waals surface area contributed by atoms with Gasteiger partial charge in [0, 0.05) is 16.3 Å². The van der Waals surface area contributed by atoms with Gasteiger partial charge in [0.25, 0.3) is 0 Å². The number of aliphatic imine (C=N–C) groups is 2. The van der Waals surface area contributed by atoms with Crippen LogP contribution in [0.4, 0.5) is 0 Å². The highest BCUT2D eigenvalue weighted by atomic mass is 16.3. The Morgan fingerprint density at radius 3 is 1.83 bits per heavy atom. The van der Waals surface area contributed by atoms with Crippen LogP contribution in [0.1, 0.15) is 11.1 Å². The van der Waals surface area contributed by atoms with Crippen molar-refractivity contribution in [2.24, 2.45) is 9.98 Å². The van der Waals surface area contributed by atoms with Crippen LogP contribution in [0.15, 0.2) is 172 Å². The van der Waals surface area contributed by atoms with E-state index in [1.165, 1.54) is 43.4 Å². The molecule has 1 heterocycles. The zero-order chi connectivity index (χ0) is 32.0. The molecule has 3 nitrogen and oxygen atoms in total. The number of benzene rings is 8. The molecule has 0 saturated heterocycles. The predicted molar refractivity (Wildman–Crippen MR) is 203 cm³/mol. The molecule has 0 saturated carbocycles. The Morgan fingerprint density at radius 1 is 0.479 bits per heavy atom. The Labute approximate surface area is 278 Å². The third-order valence-corrected chi connectivity index (χ3v) is 9.39. The van der Waals surface area contributed by atoms with Crippen molar-refractivity contribution >= 4 is 66.8 Å². The van der Waals surface area contributed by atoms with Crippen molar-refractivity contribution in [1.82, 2.24) is 0 Å². The number of para-hydroxylation sites is 1. The van der Waals surface area contributed by atoms with E-state index in [9.17, 15) is 0 Å². The zero-order valence-electron chi connectivity index (χ0n) is 26.2. The minimum atomic E-state index is 0.484. The van der Waals surface area contributed by atoms with Crippen LogP contribution in [-0.2, 0) is 6.54 Å². The molecule has 9 rings (SSSR count). The van der Waals surface area contributed by atoms with Crippen LogP contribution in [0.5, 0.6) is 0 Å². The number of hydrogen-bond donors (Lipinski definition) is 0. The highest BCUT2D eigenvalue weighted by Gasteiger charge is 2.18. The van der Waals surface area contributed by atoms with Gasteiger partial charge in [-0.3, -0.25) is 4.99 Å². The van der Waals surface area contributed by atoms with Crippen LogP contribution in [0.3, 0.4) is 0 Å². The molecule has 8 aromatic carbocycles. The highest BCUT2D eigenvalue weighted by molar-refractivity contribution is 6.26. The monoisotopic (exact) mass is 614 g/mol. The molecule has 1 aromatic heterocycles. The molecule has 9 aromatic rings. The molecule has 0 aliphatic carbocycles. The lowest BCUT2D eigenvalue weighted by molar-refractivity contribution is 0.669. The lowest BCUT2D eigenvalue weighted by Crippen LogP contribution is -1.99. The molecule has 0 aliphatic rings. The molecule has 48 heavy (non-hydrogen) atoms. The van der Waals surface area contributed by atoms with Crippen molar-refractivity contribution in [2.45, 2.75) is 6.54 Å². The molecule has 226 valence electrons.